The minimum Gasteiger partial charge on any atom is -0.312 e. The number of alkyl halides is 2. The second kappa shape index (κ2) is 5.65. The van der Waals surface area contributed by atoms with E-state index in [1.54, 1.807) is 4.90 Å². The van der Waals surface area contributed by atoms with Crippen molar-refractivity contribution in [3.63, 3.8) is 0 Å². The van der Waals surface area contributed by atoms with Crippen molar-refractivity contribution in [2.75, 3.05) is 0 Å². The van der Waals surface area contributed by atoms with Crippen LogP contribution < -0.4 is 0 Å². The van der Waals surface area contributed by atoms with Crippen molar-refractivity contribution in [1.29, 1.82) is 0 Å². The summed E-state index contributed by atoms with van der Waals surface area (Å²) < 4.78 is 0. The highest BCUT2D eigenvalue weighted by Crippen LogP contribution is 2.45. The molecule has 4 heteroatoms. The van der Waals surface area contributed by atoms with Gasteiger partial charge in [-0.25, -0.2) is 0 Å². The van der Waals surface area contributed by atoms with Crippen LogP contribution >= 0.6 is 23.2 Å². The Morgan fingerprint density at radius 3 is 2.16 bits per heavy atom. The monoisotopic (exact) mass is 305 g/mol. The summed E-state index contributed by atoms with van der Waals surface area (Å²) in [6.45, 7) is 12.9. The van der Waals surface area contributed by atoms with Gasteiger partial charge in [-0.05, 0) is 37.5 Å². The molecule has 0 N–H and O–H groups in total. The van der Waals surface area contributed by atoms with Crippen LogP contribution in [0.25, 0.3) is 0 Å². The van der Waals surface area contributed by atoms with Gasteiger partial charge in [0.1, 0.15) is 0 Å². The fraction of sp³-hybridized carbons (Fsp3) is 0.800. The Bertz CT molecular complexity index is 384. The SMILES string of the molecule is CC(C)N(C(=O)C(Cl)Cl)C1=CC(C)(C)CC(C)(C)C1. The number of nitrogens with zero attached hydrogens (tertiary/aromatic N) is 1. The van der Waals surface area contributed by atoms with E-state index < -0.39 is 4.84 Å². The van der Waals surface area contributed by atoms with E-state index in [1.807, 2.05) is 13.8 Å². The predicted octanol–water partition coefficient (Wildman–Crippen LogP) is 4.76. The first kappa shape index (κ1) is 16.8. The molecule has 0 heterocycles. The molecule has 1 rings (SSSR count). The van der Waals surface area contributed by atoms with Gasteiger partial charge in [-0.3, -0.25) is 4.79 Å². The first-order valence-corrected chi connectivity index (χ1v) is 7.65. The molecular weight excluding hydrogens is 281 g/mol. The van der Waals surface area contributed by atoms with E-state index in [0.717, 1.165) is 18.5 Å². The number of halogens is 2. The van der Waals surface area contributed by atoms with Crippen LogP contribution in [-0.2, 0) is 4.79 Å². The molecule has 0 fully saturated rings. The maximum atomic E-state index is 12.2. The molecule has 0 radical (unpaired) electrons. The Morgan fingerprint density at radius 2 is 1.79 bits per heavy atom. The van der Waals surface area contributed by atoms with Gasteiger partial charge in [-0.15, -0.1) is 0 Å². The molecule has 19 heavy (non-hydrogen) atoms. The highest BCUT2D eigenvalue weighted by atomic mass is 35.5. The molecule has 0 atom stereocenters. The molecule has 0 aromatic carbocycles. The van der Waals surface area contributed by atoms with E-state index >= 15 is 0 Å². The van der Waals surface area contributed by atoms with Crippen molar-refractivity contribution in [3.8, 4) is 0 Å². The summed E-state index contributed by atoms with van der Waals surface area (Å²) in [4.78, 5) is 13.0. The standard InChI is InChI=1S/C15H25Cl2NO/c1-10(2)18(13(19)12(16)17)11-7-14(3,4)9-15(5,6)8-11/h7,10,12H,8-9H2,1-6H3. The molecule has 0 saturated carbocycles. The van der Waals surface area contributed by atoms with Crippen molar-refractivity contribution >= 4 is 29.1 Å². The summed E-state index contributed by atoms with van der Waals surface area (Å²) in [5, 5.41) is 0. The Morgan fingerprint density at radius 1 is 1.26 bits per heavy atom. The quantitative estimate of drug-likeness (QED) is 0.689. The van der Waals surface area contributed by atoms with Crippen molar-refractivity contribution in [3.05, 3.63) is 11.8 Å². The molecule has 1 amide bonds. The minimum atomic E-state index is -1.00. The number of hydrogen-bond donors (Lipinski definition) is 0. The number of allylic oxidation sites excluding steroid dienone is 2. The maximum absolute atomic E-state index is 12.2. The highest BCUT2D eigenvalue weighted by Gasteiger charge is 2.37. The predicted molar refractivity (Wildman–Crippen MR) is 82.4 cm³/mol. The average Bonchev–Trinajstić information content (AvgIpc) is 2.11. The smallest absolute Gasteiger partial charge is 0.260 e. The van der Waals surface area contributed by atoms with Gasteiger partial charge < -0.3 is 4.90 Å². The normalized spacial score (nSPS) is 21.5. The molecule has 0 unspecified atom stereocenters. The summed E-state index contributed by atoms with van der Waals surface area (Å²) in [5.41, 5.74) is 1.31. The molecule has 0 aromatic rings. The van der Waals surface area contributed by atoms with Gasteiger partial charge in [0.25, 0.3) is 5.91 Å². The molecule has 0 saturated heterocycles. The van der Waals surface area contributed by atoms with Crippen LogP contribution in [0.5, 0.6) is 0 Å². The van der Waals surface area contributed by atoms with Crippen LogP contribution in [0.1, 0.15) is 54.4 Å². The van der Waals surface area contributed by atoms with E-state index in [-0.39, 0.29) is 22.8 Å². The third kappa shape index (κ3) is 4.39. The van der Waals surface area contributed by atoms with Crippen LogP contribution in [0, 0.1) is 10.8 Å². The first-order chi connectivity index (χ1) is 8.45. The molecule has 0 spiro atoms. The second-order valence-corrected chi connectivity index (χ2v) is 8.34. The van der Waals surface area contributed by atoms with Crippen LogP contribution in [-0.4, -0.2) is 21.7 Å². The van der Waals surface area contributed by atoms with Gasteiger partial charge in [-0.1, -0.05) is 57.0 Å². The maximum Gasteiger partial charge on any atom is 0.260 e. The molecule has 1 aliphatic carbocycles. The van der Waals surface area contributed by atoms with Gasteiger partial charge in [0, 0.05) is 11.7 Å². The van der Waals surface area contributed by atoms with Crippen molar-refractivity contribution in [2.24, 2.45) is 10.8 Å². The lowest BCUT2D eigenvalue weighted by Gasteiger charge is -2.43. The van der Waals surface area contributed by atoms with Gasteiger partial charge >= 0.3 is 0 Å². The van der Waals surface area contributed by atoms with Gasteiger partial charge in [0.05, 0.1) is 0 Å². The lowest BCUT2D eigenvalue weighted by Crippen LogP contribution is -2.43. The zero-order valence-electron chi connectivity index (χ0n) is 12.8. The van der Waals surface area contributed by atoms with Crippen molar-refractivity contribution in [1.82, 2.24) is 4.90 Å². The van der Waals surface area contributed by atoms with Crippen LogP contribution in [0.15, 0.2) is 11.8 Å². The molecule has 0 aromatic heterocycles. The topological polar surface area (TPSA) is 20.3 Å². The number of rotatable bonds is 3. The van der Waals surface area contributed by atoms with Gasteiger partial charge in [0.2, 0.25) is 0 Å². The Kier molecular flexibility index (Phi) is 5.01. The van der Waals surface area contributed by atoms with E-state index in [0.29, 0.717) is 0 Å². The number of carbonyl (C=O) groups is 1. The van der Waals surface area contributed by atoms with Crippen LogP contribution in [0.4, 0.5) is 0 Å². The highest BCUT2D eigenvalue weighted by molar-refractivity contribution is 6.53. The fourth-order valence-electron chi connectivity index (χ4n) is 3.33. The zero-order valence-corrected chi connectivity index (χ0v) is 14.3. The van der Waals surface area contributed by atoms with Crippen molar-refractivity contribution in [2.45, 2.75) is 65.3 Å². The lowest BCUT2D eigenvalue weighted by atomic mass is 9.68. The third-order valence-electron chi connectivity index (χ3n) is 3.40. The largest absolute Gasteiger partial charge is 0.312 e. The van der Waals surface area contributed by atoms with E-state index in [9.17, 15) is 4.79 Å². The summed E-state index contributed by atoms with van der Waals surface area (Å²) in [6, 6.07) is 0.0587. The van der Waals surface area contributed by atoms with E-state index in [4.69, 9.17) is 23.2 Å². The first-order valence-electron chi connectivity index (χ1n) is 6.78. The summed E-state index contributed by atoms with van der Waals surface area (Å²) >= 11 is 11.6. The number of hydrogen-bond acceptors (Lipinski definition) is 1. The summed E-state index contributed by atoms with van der Waals surface area (Å²) in [7, 11) is 0. The molecule has 0 bridgehead atoms. The fourth-order valence-corrected chi connectivity index (χ4v) is 3.54. The molecule has 1 aliphatic rings. The zero-order chi connectivity index (χ0) is 15.0. The molecule has 2 nitrogen and oxygen atoms in total. The minimum absolute atomic E-state index is 0.0587. The van der Waals surface area contributed by atoms with Crippen LogP contribution in [0.3, 0.4) is 0 Å². The third-order valence-corrected chi connectivity index (χ3v) is 3.77. The number of carbonyl (C=O) groups excluding carboxylic acids is 1. The van der Waals surface area contributed by atoms with E-state index in [2.05, 4.69) is 33.8 Å². The van der Waals surface area contributed by atoms with Crippen molar-refractivity contribution < 1.29 is 4.79 Å². The Balaban J connectivity index is 3.16. The Labute approximate surface area is 127 Å². The summed E-state index contributed by atoms with van der Waals surface area (Å²) in [6.07, 6.45) is 4.18. The average molecular weight is 306 g/mol. The van der Waals surface area contributed by atoms with Gasteiger partial charge in [-0.2, -0.15) is 0 Å². The number of amides is 1. The molecule has 0 aliphatic heterocycles. The van der Waals surface area contributed by atoms with E-state index in [1.165, 1.54) is 0 Å². The lowest BCUT2D eigenvalue weighted by molar-refractivity contribution is -0.129. The molecular formula is C15H25Cl2NO. The second-order valence-electron chi connectivity index (χ2n) is 7.24. The Hall–Kier alpha value is -0.210. The van der Waals surface area contributed by atoms with Gasteiger partial charge in [0.15, 0.2) is 4.84 Å². The summed E-state index contributed by atoms with van der Waals surface area (Å²) in [5.74, 6) is -0.224. The molecule has 110 valence electrons. The van der Waals surface area contributed by atoms with Crippen LogP contribution in [0.2, 0.25) is 0 Å².